The molecule has 2 fully saturated rings. The van der Waals surface area contributed by atoms with Crippen LogP contribution in [0.25, 0.3) is 0 Å². The highest BCUT2D eigenvalue weighted by Crippen LogP contribution is 2.25. The monoisotopic (exact) mass is 578 g/mol. The first-order valence-corrected chi connectivity index (χ1v) is 14.3. The summed E-state index contributed by atoms with van der Waals surface area (Å²) in [6, 6.07) is 4.17. The summed E-state index contributed by atoms with van der Waals surface area (Å²) in [6.07, 6.45) is 2.37. The number of nitrogens with zero attached hydrogens (tertiary/aromatic N) is 2. The summed E-state index contributed by atoms with van der Waals surface area (Å²) in [5.41, 5.74) is 0.435. The summed E-state index contributed by atoms with van der Waals surface area (Å²) in [5, 5.41) is 5.90. The van der Waals surface area contributed by atoms with Crippen molar-refractivity contribution in [1.29, 1.82) is 0 Å². The fourth-order valence-corrected chi connectivity index (χ4v) is 5.15. The van der Waals surface area contributed by atoms with Crippen LogP contribution in [0.3, 0.4) is 0 Å². The molecule has 11 heteroatoms. The molecule has 222 valence electrons. The number of benzene rings is 1. The van der Waals surface area contributed by atoms with Crippen LogP contribution >= 0.6 is 11.6 Å². The van der Waals surface area contributed by atoms with E-state index >= 15 is 0 Å². The maximum atomic E-state index is 13.3. The molecular formula is C29H43ClN4O6. The predicted octanol–water partition coefficient (Wildman–Crippen LogP) is 4.76. The van der Waals surface area contributed by atoms with Gasteiger partial charge < -0.3 is 14.8 Å². The zero-order valence-electron chi connectivity index (χ0n) is 24.5. The van der Waals surface area contributed by atoms with E-state index in [9.17, 15) is 19.2 Å². The van der Waals surface area contributed by atoms with Crippen LogP contribution in [0.4, 0.5) is 9.59 Å². The van der Waals surface area contributed by atoms with E-state index in [-0.39, 0.29) is 12.5 Å². The van der Waals surface area contributed by atoms with Gasteiger partial charge in [-0.15, -0.1) is 0 Å². The molecule has 0 saturated carbocycles. The van der Waals surface area contributed by atoms with Crippen molar-refractivity contribution in [2.45, 2.75) is 110 Å². The molecule has 4 amide bonds. The zero-order chi connectivity index (χ0) is 29.7. The van der Waals surface area contributed by atoms with Gasteiger partial charge in [0.1, 0.15) is 17.2 Å². The summed E-state index contributed by atoms with van der Waals surface area (Å²) in [6.45, 7) is 12.5. The molecule has 10 nitrogen and oxygen atoms in total. The van der Waals surface area contributed by atoms with Crippen molar-refractivity contribution in [3.63, 3.8) is 0 Å². The number of amides is 4. The zero-order valence-corrected chi connectivity index (χ0v) is 25.2. The highest BCUT2D eigenvalue weighted by Gasteiger charge is 2.38. The smallest absolute Gasteiger partial charge is 0.410 e. The Morgan fingerprint density at radius 3 is 2.20 bits per heavy atom. The molecular weight excluding hydrogens is 536 g/mol. The number of ether oxygens (including phenoxy) is 2. The van der Waals surface area contributed by atoms with Crippen LogP contribution in [-0.2, 0) is 32.2 Å². The quantitative estimate of drug-likeness (QED) is 0.467. The molecule has 0 spiro atoms. The largest absolute Gasteiger partial charge is 0.444 e. The van der Waals surface area contributed by atoms with Gasteiger partial charge in [-0.2, -0.15) is 0 Å². The third-order valence-corrected chi connectivity index (χ3v) is 6.95. The number of hydrogen-bond donors (Lipinski definition) is 2. The normalized spacial score (nSPS) is 20.1. The van der Waals surface area contributed by atoms with E-state index in [4.69, 9.17) is 21.1 Å². The van der Waals surface area contributed by atoms with Crippen molar-refractivity contribution in [2.75, 3.05) is 13.1 Å². The molecule has 2 saturated heterocycles. The number of carbonyl (C=O) groups is 4. The molecule has 0 aliphatic carbocycles. The lowest BCUT2D eigenvalue weighted by Gasteiger charge is -2.36. The number of halogens is 1. The van der Waals surface area contributed by atoms with E-state index in [1.165, 1.54) is 4.90 Å². The Bertz CT molecular complexity index is 1100. The van der Waals surface area contributed by atoms with Gasteiger partial charge in [0, 0.05) is 24.7 Å². The summed E-state index contributed by atoms with van der Waals surface area (Å²) < 4.78 is 10.8. The van der Waals surface area contributed by atoms with Gasteiger partial charge in [0.2, 0.25) is 11.8 Å². The van der Waals surface area contributed by atoms with E-state index in [0.717, 1.165) is 30.4 Å². The molecule has 0 bridgehead atoms. The molecule has 2 heterocycles. The Balaban J connectivity index is 1.65. The Morgan fingerprint density at radius 1 is 0.875 bits per heavy atom. The minimum Gasteiger partial charge on any atom is -0.444 e. The first kappa shape index (κ1) is 31.7. The van der Waals surface area contributed by atoms with Crippen LogP contribution in [0.2, 0.25) is 5.02 Å². The highest BCUT2D eigenvalue weighted by molar-refractivity contribution is 6.30. The van der Waals surface area contributed by atoms with Crippen LogP contribution in [0.15, 0.2) is 18.2 Å². The lowest BCUT2D eigenvalue weighted by Crippen LogP contribution is -2.56. The fourth-order valence-electron chi connectivity index (χ4n) is 4.96. The summed E-state index contributed by atoms with van der Waals surface area (Å²) in [5.74, 6) is -0.861. The van der Waals surface area contributed by atoms with Crippen LogP contribution in [0.1, 0.15) is 84.8 Å². The minimum absolute atomic E-state index is 0.243. The molecule has 1 aromatic carbocycles. The first-order chi connectivity index (χ1) is 18.6. The average Bonchev–Trinajstić information content (AvgIpc) is 3.29. The van der Waals surface area contributed by atoms with Crippen LogP contribution in [-0.4, -0.2) is 70.2 Å². The minimum atomic E-state index is -0.749. The number of nitrogens with one attached hydrogen (secondary N) is 2. The standard InChI is InChI=1S/C29H43ClN4O6/c1-28(2,3)39-26(37)31-17-19-12-13-21(30)16-20(19)18-33-14-9-11-22(33)24(35)32-25(36)23-10-7-8-15-34(23)27(38)40-29(4,5)6/h12-13,16,22-23H,7-11,14-15,17-18H2,1-6H3,(H,31,37)(H,32,35,36)/t22-,23+/m0/s1. The summed E-state index contributed by atoms with van der Waals surface area (Å²) >= 11 is 6.29. The number of likely N-dealkylation sites (tertiary alicyclic amines) is 2. The number of piperidine rings is 1. The number of rotatable bonds is 6. The van der Waals surface area contributed by atoms with Crippen LogP contribution in [0.5, 0.6) is 0 Å². The van der Waals surface area contributed by atoms with Gasteiger partial charge in [0.25, 0.3) is 0 Å². The Hall–Kier alpha value is -2.85. The van der Waals surface area contributed by atoms with E-state index in [1.807, 2.05) is 17.0 Å². The number of imide groups is 1. The Labute approximate surface area is 242 Å². The maximum Gasteiger partial charge on any atom is 0.410 e. The molecule has 2 N–H and O–H groups in total. The second-order valence-electron chi connectivity index (χ2n) is 12.4. The fraction of sp³-hybridized carbons (Fsp3) is 0.655. The van der Waals surface area contributed by atoms with Crippen molar-refractivity contribution in [2.24, 2.45) is 0 Å². The van der Waals surface area contributed by atoms with E-state index in [1.54, 1.807) is 47.6 Å². The third kappa shape index (κ3) is 9.37. The molecule has 3 rings (SSSR count). The van der Waals surface area contributed by atoms with Gasteiger partial charge in [-0.3, -0.25) is 24.7 Å². The van der Waals surface area contributed by atoms with Gasteiger partial charge in [0.15, 0.2) is 0 Å². The number of carbonyl (C=O) groups excluding carboxylic acids is 4. The van der Waals surface area contributed by atoms with Crippen molar-refractivity contribution in [1.82, 2.24) is 20.4 Å². The Morgan fingerprint density at radius 2 is 1.52 bits per heavy atom. The molecule has 40 heavy (non-hydrogen) atoms. The van der Waals surface area contributed by atoms with Gasteiger partial charge in [-0.1, -0.05) is 17.7 Å². The second-order valence-corrected chi connectivity index (χ2v) is 12.9. The molecule has 2 aliphatic heterocycles. The van der Waals surface area contributed by atoms with Crippen molar-refractivity contribution < 1.29 is 28.7 Å². The topological polar surface area (TPSA) is 117 Å². The lowest BCUT2D eigenvalue weighted by atomic mass is 10.0. The van der Waals surface area contributed by atoms with Crippen LogP contribution in [0, 0.1) is 0 Å². The molecule has 1 aromatic rings. The van der Waals surface area contributed by atoms with Gasteiger partial charge in [-0.05, 0) is 103 Å². The van der Waals surface area contributed by atoms with Gasteiger partial charge in [-0.25, -0.2) is 9.59 Å². The molecule has 0 radical (unpaired) electrons. The molecule has 2 aliphatic rings. The molecule has 0 unspecified atom stereocenters. The number of hydrogen-bond acceptors (Lipinski definition) is 7. The van der Waals surface area contributed by atoms with Crippen molar-refractivity contribution in [3.8, 4) is 0 Å². The predicted molar refractivity (Wildman–Crippen MR) is 152 cm³/mol. The van der Waals surface area contributed by atoms with E-state index in [2.05, 4.69) is 10.6 Å². The lowest BCUT2D eigenvalue weighted by molar-refractivity contribution is -0.136. The molecule has 2 atom stereocenters. The summed E-state index contributed by atoms with van der Waals surface area (Å²) in [7, 11) is 0. The van der Waals surface area contributed by atoms with E-state index in [0.29, 0.717) is 37.5 Å². The third-order valence-electron chi connectivity index (χ3n) is 6.71. The maximum absolute atomic E-state index is 13.3. The van der Waals surface area contributed by atoms with Gasteiger partial charge >= 0.3 is 12.2 Å². The average molecular weight is 579 g/mol. The van der Waals surface area contributed by atoms with Gasteiger partial charge in [0.05, 0.1) is 6.04 Å². The summed E-state index contributed by atoms with van der Waals surface area (Å²) in [4.78, 5) is 54.8. The number of alkyl carbamates (subject to hydrolysis) is 1. The Kier molecular flexibility index (Phi) is 10.5. The van der Waals surface area contributed by atoms with Crippen molar-refractivity contribution >= 4 is 35.6 Å². The molecule has 0 aromatic heterocycles. The second kappa shape index (κ2) is 13.2. The van der Waals surface area contributed by atoms with E-state index < -0.39 is 41.4 Å². The van der Waals surface area contributed by atoms with Crippen LogP contribution < -0.4 is 10.6 Å². The highest BCUT2D eigenvalue weighted by atomic mass is 35.5. The van der Waals surface area contributed by atoms with Crippen molar-refractivity contribution in [3.05, 3.63) is 34.3 Å². The SMILES string of the molecule is CC(C)(C)OC(=O)NCc1ccc(Cl)cc1CN1CCC[C@H]1C(=O)NC(=O)[C@H]1CCCCN1C(=O)OC(C)(C)C. The first-order valence-electron chi connectivity index (χ1n) is 14.0.